The van der Waals surface area contributed by atoms with E-state index in [-0.39, 0.29) is 24.4 Å². The second-order valence-electron chi connectivity index (χ2n) is 5.51. The van der Waals surface area contributed by atoms with Gasteiger partial charge >= 0.3 is 0 Å². The summed E-state index contributed by atoms with van der Waals surface area (Å²) in [5.74, 6) is -0.603. The lowest BCUT2D eigenvalue weighted by atomic mass is 9.95. The summed E-state index contributed by atoms with van der Waals surface area (Å²) in [7, 11) is 0. The fraction of sp³-hybridized carbons (Fsp3) is 0.429. The molecule has 5 nitrogen and oxygen atoms in total. The van der Waals surface area contributed by atoms with Crippen molar-refractivity contribution in [3.63, 3.8) is 0 Å². The van der Waals surface area contributed by atoms with E-state index in [4.69, 9.17) is 5.73 Å². The van der Waals surface area contributed by atoms with Gasteiger partial charge in [0.05, 0.1) is 6.54 Å². The number of halogens is 1. The third-order valence-corrected chi connectivity index (χ3v) is 4.05. The molecule has 0 aliphatic carbocycles. The van der Waals surface area contributed by atoms with Crippen molar-refractivity contribution in [1.82, 2.24) is 5.32 Å². The van der Waals surface area contributed by atoms with Gasteiger partial charge < -0.3 is 10.6 Å². The summed E-state index contributed by atoms with van der Waals surface area (Å²) >= 11 is 3.43. The number of nitrogens with two attached hydrogens (primary N) is 1. The zero-order valence-corrected chi connectivity index (χ0v) is 13.3. The summed E-state index contributed by atoms with van der Waals surface area (Å²) in [4.78, 5) is 25.6. The summed E-state index contributed by atoms with van der Waals surface area (Å²) in [5, 5.41) is 2.37. The van der Waals surface area contributed by atoms with E-state index in [9.17, 15) is 9.59 Å². The fourth-order valence-corrected chi connectivity index (χ4v) is 2.65. The van der Waals surface area contributed by atoms with Crippen LogP contribution in [0.25, 0.3) is 0 Å². The first-order valence-corrected chi connectivity index (χ1v) is 7.19. The number of nitrogens with zero attached hydrogens (tertiary/aromatic N) is 1. The normalized spacial score (nSPS) is 19.8. The maximum absolute atomic E-state index is 12.1. The molecule has 1 saturated heterocycles. The highest BCUT2D eigenvalue weighted by atomic mass is 79.9. The largest absolute Gasteiger partial charge is 0.348 e. The molecule has 0 spiro atoms. The van der Waals surface area contributed by atoms with Gasteiger partial charge in [-0.25, -0.2) is 0 Å². The molecule has 0 bridgehead atoms. The van der Waals surface area contributed by atoms with Gasteiger partial charge in [0.2, 0.25) is 5.91 Å². The van der Waals surface area contributed by atoms with Crippen LogP contribution in [0, 0.1) is 0 Å². The molecular formula is C14H18BrN3O2. The summed E-state index contributed by atoms with van der Waals surface area (Å²) < 4.78 is 0.881. The Morgan fingerprint density at radius 2 is 2.05 bits per heavy atom. The molecule has 1 unspecified atom stereocenters. The van der Waals surface area contributed by atoms with Gasteiger partial charge in [-0.2, -0.15) is 0 Å². The Morgan fingerprint density at radius 1 is 1.40 bits per heavy atom. The van der Waals surface area contributed by atoms with E-state index in [1.807, 2.05) is 25.1 Å². The van der Waals surface area contributed by atoms with Crippen LogP contribution in [0.5, 0.6) is 0 Å². The molecule has 1 aromatic rings. The van der Waals surface area contributed by atoms with Crippen molar-refractivity contribution in [2.75, 3.05) is 11.4 Å². The van der Waals surface area contributed by atoms with Crippen LogP contribution < -0.4 is 16.0 Å². The van der Waals surface area contributed by atoms with Crippen LogP contribution in [0.3, 0.4) is 0 Å². The number of anilines is 1. The summed E-state index contributed by atoms with van der Waals surface area (Å²) in [6, 6.07) is 5.53. The molecule has 1 fully saturated rings. The molecule has 2 amide bonds. The average Bonchev–Trinajstić information content (AvgIpc) is 2.33. The Bertz CT molecular complexity index is 570. The number of nitrogens with one attached hydrogen (secondary N) is 1. The lowest BCUT2D eigenvalue weighted by Gasteiger charge is -2.43. The number of hydrogen-bond donors (Lipinski definition) is 2. The van der Waals surface area contributed by atoms with Crippen molar-refractivity contribution in [3.05, 3.63) is 28.2 Å². The zero-order valence-electron chi connectivity index (χ0n) is 11.7. The molecule has 1 aliphatic heterocycles. The number of carbonyl (C=O) groups is 2. The Hall–Kier alpha value is -1.40. The molecule has 1 heterocycles. The first-order chi connectivity index (χ1) is 9.23. The molecule has 1 aliphatic rings. The molecule has 0 aromatic heterocycles. The van der Waals surface area contributed by atoms with Crippen molar-refractivity contribution >= 4 is 33.4 Å². The Balaban J connectivity index is 2.56. The molecular weight excluding hydrogens is 322 g/mol. The number of rotatable bonds is 2. The second kappa shape index (κ2) is 5.18. The van der Waals surface area contributed by atoms with Gasteiger partial charge in [-0.05, 0) is 38.5 Å². The van der Waals surface area contributed by atoms with Crippen molar-refractivity contribution < 1.29 is 9.59 Å². The maximum Gasteiger partial charge on any atom is 0.251 e. The van der Waals surface area contributed by atoms with Gasteiger partial charge in [0.25, 0.3) is 5.91 Å². The van der Waals surface area contributed by atoms with Crippen molar-refractivity contribution in [2.45, 2.75) is 32.4 Å². The first kappa shape index (κ1) is 15.0. The number of benzene rings is 1. The summed E-state index contributed by atoms with van der Waals surface area (Å²) in [5.41, 5.74) is 6.91. The van der Waals surface area contributed by atoms with E-state index >= 15 is 0 Å². The average molecular weight is 340 g/mol. The number of hydrogen-bond acceptors (Lipinski definition) is 4. The number of imide groups is 1. The van der Waals surface area contributed by atoms with Crippen molar-refractivity contribution in [3.8, 4) is 0 Å². The molecule has 20 heavy (non-hydrogen) atoms. The highest BCUT2D eigenvalue weighted by Gasteiger charge is 2.41. The van der Waals surface area contributed by atoms with E-state index < -0.39 is 5.54 Å². The van der Waals surface area contributed by atoms with Gasteiger partial charge in [0.15, 0.2) is 0 Å². The van der Waals surface area contributed by atoms with E-state index in [1.54, 1.807) is 18.7 Å². The van der Waals surface area contributed by atoms with Gasteiger partial charge in [-0.3, -0.25) is 14.9 Å². The second-order valence-corrected chi connectivity index (χ2v) is 6.43. The molecule has 0 saturated carbocycles. The third-order valence-electron chi connectivity index (χ3n) is 3.56. The molecule has 2 rings (SSSR count). The predicted molar refractivity (Wildman–Crippen MR) is 81.3 cm³/mol. The van der Waals surface area contributed by atoms with Crippen molar-refractivity contribution in [1.29, 1.82) is 0 Å². The van der Waals surface area contributed by atoms with Gasteiger partial charge in [-0.15, -0.1) is 0 Å². The van der Waals surface area contributed by atoms with Crippen LogP contribution in [0.2, 0.25) is 0 Å². The van der Waals surface area contributed by atoms with Gasteiger partial charge in [0.1, 0.15) is 5.54 Å². The first-order valence-electron chi connectivity index (χ1n) is 6.40. The molecule has 3 N–H and O–H groups in total. The minimum Gasteiger partial charge on any atom is -0.348 e. The lowest BCUT2D eigenvalue weighted by molar-refractivity contribution is -0.135. The minimum absolute atomic E-state index is 0.134. The minimum atomic E-state index is -0.807. The highest BCUT2D eigenvalue weighted by Crippen LogP contribution is 2.34. The van der Waals surface area contributed by atoms with Crippen LogP contribution in [-0.4, -0.2) is 23.9 Å². The monoisotopic (exact) mass is 339 g/mol. The maximum atomic E-state index is 12.1. The summed E-state index contributed by atoms with van der Waals surface area (Å²) in [6.45, 7) is 5.60. The highest BCUT2D eigenvalue weighted by molar-refractivity contribution is 9.10. The third kappa shape index (κ3) is 2.58. The Labute approximate surface area is 126 Å². The van der Waals surface area contributed by atoms with Gasteiger partial charge in [0, 0.05) is 16.2 Å². The van der Waals surface area contributed by atoms with Crippen LogP contribution >= 0.6 is 15.9 Å². The van der Waals surface area contributed by atoms with Gasteiger partial charge in [-0.1, -0.05) is 22.0 Å². The molecule has 1 aromatic carbocycles. The standard InChI is InChI=1S/C14H18BrN3O2/c1-8(16)10-5-4-9(15)6-11(10)18-7-12(19)17-13(20)14(18,2)3/h4-6,8H,7,16H2,1-3H3,(H,17,19,20). The Morgan fingerprint density at radius 3 is 2.65 bits per heavy atom. The molecule has 6 heteroatoms. The van der Waals surface area contributed by atoms with E-state index in [1.165, 1.54) is 0 Å². The van der Waals surface area contributed by atoms with E-state index in [0.717, 1.165) is 15.7 Å². The number of piperazine rings is 1. The predicted octanol–water partition coefficient (Wildman–Crippen LogP) is 1.71. The number of carbonyl (C=O) groups excluding carboxylic acids is 2. The Kier molecular flexibility index (Phi) is 3.88. The van der Waals surface area contributed by atoms with Crippen LogP contribution in [0.4, 0.5) is 5.69 Å². The molecule has 1 atom stereocenters. The summed E-state index contributed by atoms with van der Waals surface area (Å²) in [6.07, 6.45) is 0. The van der Waals surface area contributed by atoms with Crippen LogP contribution in [-0.2, 0) is 9.59 Å². The molecule has 108 valence electrons. The fourth-order valence-electron chi connectivity index (χ4n) is 2.30. The smallest absolute Gasteiger partial charge is 0.251 e. The van der Waals surface area contributed by atoms with E-state index in [0.29, 0.717) is 0 Å². The van der Waals surface area contributed by atoms with Crippen molar-refractivity contribution in [2.24, 2.45) is 5.73 Å². The van der Waals surface area contributed by atoms with Crippen LogP contribution in [0.15, 0.2) is 22.7 Å². The topological polar surface area (TPSA) is 75.4 Å². The number of amides is 2. The quantitative estimate of drug-likeness (QED) is 0.804. The lowest BCUT2D eigenvalue weighted by Crippen LogP contribution is -2.64. The molecule has 0 radical (unpaired) electrons. The van der Waals surface area contributed by atoms with Crippen LogP contribution in [0.1, 0.15) is 32.4 Å². The SMILES string of the molecule is CC(N)c1ccc(Br)cc1N1CC(=O)NC(=O)C1(C)C. The zero-order chi connectivity index (χ0) is 15.1. The van der Waals surface area contributed by atoms with E-state index in [2.05, 4.69) is 21.2 Å².